The van der Waals surface area contributed by atoms with Crippen molar-refractivity contribution in [2.75, 3.05) is 13.2 Å². The predicted octanol–water partition coefficient (Wildman–Crippen LogP) is 7.53. The summed E-state index contributed by atoms with van der Waals surface area (Å²) in [6, 6.07) is 29.6. The van der Waals surface area contributed by atoms with E-state index in [1.54, 1.807) is 48.9 Å². The summed E-state index contributed by atoms with van der Waals surface area (Å²) in [4.78, 5) is 44.2. The summed E-state index contributed by atoms with van der Waals surface area (Å²) in [5, 5.41) is 2.20. The third-order valence-electron chi connectivity index (χ3n) is 7.62. The molecule has 2 heterocycles. The Hall–Kier alpha value is -5.56. The van der Waals surface area contributed by atoms with Crippen molar-refractivity contribution in [3.05, 3.63) is 130 Å². The third-order valence-corrected chi connectivity index (χ3v) is 7.62. The summed E-state index contributed by atoms with van der Waals surface area (Å²) < 4.78 is 12.1. The molecule has 0 spiro atoms. The molecule has 44 heavy (non-hydrogen) atoms. The van der Waals surface area contributed by atoms with Crippen molar-refractivity contribution < 1.29 is 19.1 Å². The van der Waals surface area contributed by atoms with Crippen molar-refractivity contribution in [3.8, 4) is 28.1 Å². The van der Waals surface area contributed by atoms with Crippen LogP contribution in [0.15, 0.2) is 108 Å². The molecule has 0 amide bonds. The number of aromatic nitrogens is 2. The van der Waals surface area contributed by atoms with Gasteiger partial charge < -0.3 is 9.47 Å². The van der Waals surface area contributed by atoms with Gasteiger partial charge in [0.2, 0.25) is 0 Å². The van der Waals surface area contributed by atoms with E-state index in [2.05, 4.69) is 0 Å². The van der Waals surface area contributed by atoms with E-state index in [-0.39, 0.29) is 18.8 Å². The maximum atomic E-state index is 14.6. The number of hydrogen-bond donors (Lipinski definition) is 0. The van der Waals surface area contributed by atoms with Crippen LogP contribution in [-0.4, -0.2) is 34.7 Å². The summed E-state index contributed by atoms with van der Waals surface area (Å²) in [6.45, 7) is 6.04. The molecular formula is C37H30N2O5. The molecule has 0 radical (unpaired) electrons. The van der Waals surface area contributed by atoms with Crippen molar-refractivity contribution in [2.24, 2.45) is 0 Å². The highest BCUT2D eigenvalue weighted by atomic mass is 16.5. The highest BCUT2D eigenvalue weighted by Gasteiger charge is 2.24. The first-order valence-electron chi connectivity index (χ1n) is 14.5. The van der Waals surface area contributed by atoms with E-state index in [0.717, 1.165) is 33.0 Å². The zero-order chi connectivity index (χ0) is 30.8. The predicted molar refractivity (Wildman–Crippen MR) is 172 cm³/mol. The summed E-state index contributed by atoms with van der Waals surface area (Å²) in [6.07, 6.45) is 1.72. The molecule has 2 aromatic heterocycles. The van der Waals surface area contributed by atoms with Gasteiger partial charge in [-0.25, -0.2) is 9.59 Å². The molecule has 4 aromatic carbocycles. The van der Waals surface area contributed by atoms with Gasteiger partial charge in [-0.3, -0.25) is 14.3 Å². The summed E-state index contributed by atoms with van der Waals surface area (Å²) in [5.74, 6) is -0.820. The van der Waals surface area contributed by atoms with E-state index in [4.69, 9.17) is 14.5 Å². The Kier molecular flexibility index (Phi) is 7.77. The van der Waals surface area contributed by atoms with Crippen molar-refractivity contribution in [2.45, 2.75) is 20.8 Å². The molecule has 0 atom stereocenters. The summed E-state index contributed by atoms with van der Waals surface area (Å²) >= 11 is 0. The first-order valence-corrected chi connectivity index (χ1v) is 14.5. The molecule has 0 aliphatic rings. The Morgan fingerprint density at radius 2 is 1.30 bits per heavy atom. The van der Waals surface area contributed by atoms with Crippen molar-refractivity contribution in [1.29, 1.82) is 0 Å². The molecule has 6 aromatic rings. The lowest BCUT2D eigenvalue weighted by molar-refractivity contribution is 0.0517. The van der Waals surface area contributed by atoms with Crippen molar-refractivity contribution in [3.63, 3.8) is 0 Å². The van der Waals surface area contributed by atoms with Gasteiger partial charge in [-0.05, 0) is 79.2 Å². The molecule has 7 heteroatoms. The molecule has 0 unspecified atom stereocenters. The Labute approximate surface area is 254 Å². The van der Waals surface area contributed by atoms with Crippen LogP contribution in [0.2, 0.25) is 0 Å². The minimum absolute atomic E-state index is 0.196. The number of pyridine rings is 2. The summed E-state index contributed by atoms with van der Waals surface area (Å²) in [5.41, 5.74) is 5.85. The molecule has 0 aliphatic heterocycles. The van der Waals surface area contributed by atoms with Gasteiger partial charge in [-0.1, -0.05) is 60.7 Å². The second kappa shape index (κ2) is 12.0. The van der Waals surface area contributed by atoms with Crippen LogP contribution in [0.1, 0.15) is 40.1 Å². The van der Waals surface area contributed by atoms with E-state index < -0.39 is 11.9 Å². The lowest BCUT2D eigenvalue weighted by atomic mass is 9.92. The molecule has 0 saturated carbocycles. The van der Waals surface area contributed by atoms with Crippen LogP contribution < -0.4 is 5.56 Å². The SMILES string of the molecule is CCOC(=O)c1ccc(-c2c(-c3ccc(C(=O)OCC)cc3)n(-c3c(C)ccc4cccnc34)c(=O)c3ccccc23)cc1. The standard InChI is InChI=1S/C37H30N2O5/c1-4-43-36(41)27-18-14-24(15-19-27)31-29-10-6-7-11-30(29)35(40)39(33-23(3)12-13-25-9-8-22-38-32(25)33)34(31)26-16-20-28(21-17-26)37(42)44-5-2/h6-22H,4-5H2,1-3H3. The number of hydrogen-bond acceptors (Lipinski definition) is 6. The average Bonchev–Trinajstić information content (AvgIpc) is 3.05. The Morgan fingerprint density at radius 1 is 0.705 bits per heavy atom. The van der Waals surface area contributed by atoms with Crippen LogP contribution in [0.5, 0.6) is 0 Å². The number of fused-ring (bicyclic) bond motifs is 2. The van der Waals surface area contributed by atoms with Crippen LogP contribution in [0.25, 0.3) is 49.7 Å². The highest BCUT2D eigenvalue weighted by molar-refractivity contribution is 6.04. The molecule has 7 nitrogen and oxygen atoms in total. The molecule has 0 aliphatic carbocycles. The normalized spacial score (nSPS) is 11.1. The quantitative estimate of drug-likeness (QED) is 0.181. The zero-order valence-electron chi connectivity index (χ0n) is 24.7. The van der Waals surface area contributed by atoms with Crippen LogP contribution in [0.3, 0.4) is 0 Å². The second-order valence-electron chi connectivity index (χ2n) is 10.3. The largest absolute Gasteiger partial charge is 0.462 e. The molecule has 6 rings (SSSR count). The van der Waals surface area contributed by atoms with Gasteiger partial charge in [-0.15, -0.1) is 0 Å². The van der Waals surface area contributed by atoms with Gasteiger partial charge in [0.15, 0.2) is 0 Å². The first kappa shape index (κ1) is 28.6. The van der Waals surface area contributed by atoms with E-state index in [1.165, 1.54) is 0 Å². The maximum absolute atomic E-state index is 14.6. The van der Waals surface area contributed by atoms with Crippen LogP contribution in [-0.2, 0) is 9.47 Å². The van der Waals surface area contributed by atoms with Crippen LogP contribution in [0, 0.1) is 6.92 Å². The van der Waals surface area contributed by atoms with Gasteiger partial charge in [0.1, 0.15) is 0 Å². The van der Waals surface area contributed by atoms with E-state index >= 15 is 0 Å². The van der Waals surface area contributed by atoms with Gasteiger partial charge in [0.05, 0.1) is 41.2 Å². The minimum atomic E-state index is -0.418. The second-order valence-corrected chi connectivity index (χ2v) is 10.3. The molecular weight excluding hydrogens is 552 g/mol. The number of nitrogens with zero attached hydrogens (tertiary/aromatic N) is 2. The monoisotopic (exact) mass is 582 g/mol. The maximum Gasteiger partial charge on any atom is 0.338 e. The fraction of sp³-hybridized carbons (Fsp3) is 0.135. The Morgan fingerprint density at radius 3 is 1.91 bits per heavy atom. The van der Waals surface area contributed by atoms with E-state index in [9.17, 15) is 14.4 Å². The smallest absolute Gasteiger partial charge is 0.338 e. The van der Waals surface area contributed by atoms with E-state index in [1.807, 2.05) is 79.7 Å². The van der Waals surface area contributed by atoms with Crippen molar-refractivity contribution in [1.82, 2.24) is 9.55 Å². The van der Waals surface area contributed by atoms with Crippen molar-refractivity contribution >= 4 is 33.6 Å². The fourth-order valence-corrected chi connectivity index (χ4v) is 5.61. The number of carbonyl (C=O) groups is 2. The molecule has 0 bridgehead atoms. The Bertz CT molecular complexity index is 2100. The third kappa shape index (κ3) is 5.02. The lowest BCUT2D eigenvalue weighted by Gasteiger charge is -2.23. The number of aryl methyl sites for hydroxylation is 1. The highest BCUT2D eigenvalue weighted by Crippen LogP contribution is 2.40. The lowest BCUT2D eigenvalue weighted by Crippen LogP contribution is -2.23. The summed E-state index contributed by atoms with van der Waals surface area (Å²) in [7, 11) is 0. The molecule has 0 fully saturated rings. The van der Waals surface area contributed by atoms with Gasteiger partial charge >= 0.3 is 11.9 Å². The Balaban J connectivity index is 1.74. The van der Waals surface area contributed by atoms with Gasteiger partial charge in [-0.2, -0.15) is 0 Å². The van der Waals surface area contributed by atoms with Crippen LogP contribution in [0.4, 0.5) is 0 Å². The average molecular weight is 583 g/mol. The number of esters is 2. The first-order chi connectivity index (χ1) is 21.4. The number of benzene rings is 4. The number of rotatable bonds is 7. The van der Waals surface area contributed by atoms with Crippen LogP contribution >= 0.6 is 0 Å². The zero-order valence-corrected chi connectivity index (χ0v) is 24.7. The van der Waals surface area contributed by atoms with E-state index in [0.29, 0.717) is 33.4 Å². The number of carbonyl (C=O) groups excluding carboxylic acids is 2. The number of ether oxygens (including phenoxy) is 2. The topological polar surface area (TPSA) is 87.5 Å². The molecule has 0 N–H and O–H groups in total. The molecule has 0 saturated heterocycles. The molecule has 218 valence electrons. The fourth-order valence-electron chi connectivity index (χ4n) is 5.61. The van der Waals surface area contributed by atoms with Gasteiger partial charge in [0.25, 0.3) is 5.56 Å². The minimum Gasteiger partial charge on any atom is -0.462 e. The van der Waals surface area contributed by atoms with Gasteiger partial charge in [0, 0.05) is 22.5 Å².